The Balaban J connectivity index is 1.73. The van der Waals surface area contributed by atoms with Crippen molar-refractivity contribution in [3.63, 3.8) is 0 Å². The number of para-hydroxylation sites is 2. The molecule has 2 aromatic heterocycles. The zero-order valence-electron chi connectivity index (χ0n) is 14.9. The Labute approximate surface area is 155 Å². The highest BCUT2D eigenvalue weighted by Crippen LogP contribution is 2.29. The van der Waals surface area contributed by atoms with Crippen LogP contribution in [0, 0.1) is 20.8 Å². The first kappa shape index (κ1) is 16.8. The number of hydrogen-bond donors (Lipinski definition) is 0. The largest absolute Gasteiger partial charge is 0.422 e. The number of rotatable bonds is 3. The molecule has 4 rings (SSSR count). The number of hydrogen-bond acceptors (Lipinski definition) is 5. The summed E-state index contributed by atoms with van der Waals surface area (Å²) in [6, 6.07) is 13.5. The molecule has 0 saturated heterocycles. The Bertz CT molecular complexity index is 1200. The van der Waals surface area contributed by atoms with Crippen LogP contribution in [0.25, 0.3) is 22.0 Å². The van der Waals surface area contributed by atoms with E-state index < -0.39 is 0 Å². The molecular formula is C21H18N2O2S. The summed E-state index contributed by atoms with van der Waals surface area (Å²) < 4.78 is 5.45. The van der Waals surface area contributed by atoms with Gasteiger partial charge < -0.3 is 4.42 Å². The van der Waals surface area contributed by atoms with Crippen molar-refractivity contribution in [1.82, 2.24) is 9.97 Å². The van der Waals surface area contributed by atoms with Crippen molar-refractivity contribution < 1.29 is 4.42 Å². The predicted molar refractivity (Wildman–Crippen MR) is 106 cm³/mol. The fourth-order valence-corrected chi connectivity index (χ4v) is 3.95. The van der Waals surface area contributed by atoms with E-state index in [4.69, 9.17) is 9.40 Å². The van der Waals surface area contributed by atoms with Crippen LogP contribution in [0.4, 0.5) is 0 Å². The highest BCUT2D eigenvalue weighted by molar-refractivity contribution is 7.98. The van der Waals surface area contributed by atoms with Gasteiger partial charge in [-0.15, -0.1) is 0 Å². The normalized spacial score (nSPS) is 11.3. The third-order valence-electron chi connectivity index (χ3n) is 4.58. The lowest BCUT2D eigenvalue weighted by atomic mass is 10.0. The van der Waals surface area contributed by atoms with E-state index in [1.807, 2.05) is 51.1 Å². The Kier molecular flexibility index (Phi) is 4.24. The number of thioether (sulfide) groups is 1. The van der Waals surface area contributed by atoms with Gasteiger partial charge in [0.25, 0.3) is 0 Å². The van der Waals surface area contributed by atoms with Gasteiger partial charge in [0.1, 0.15) is 10.6 Å². The SMILES string of the molecule is Cc1ccc2c(CSc3nc4ccccc4nc3C)cc(=O)oc2c1C. The molecular weight excluding hydrogens is 344 g/mol. The summed E-state index contributed by atoms with van der Waals surface area (Å²) >= 11 is 1.59. The van der Waals surface area contributed by atoms with E-state index in [0.29, 0.717) is 11.3 Å². The standard InChI is InChI=1S/C21H18N2O2S/c1-12-8-9-16-15(10-19(24)25-20(16)13(12)2)11-26-21-14(3)22-17-6-4-5-7-18(17)23-21/h4-10H,11H2,1-3H3. The van der Waals surface area contributed by atoms with Crippen LogP contribution < -0.4 is 5.63 Å². The monoisotopic (exact) mass is 362 g/mol. The van der Waals surface area contributed by atoms with Crippen LogP contribution in [-0.4, -0.2) is 9.97 Å². The van der Waals surface area contributed by atoms with Crippen molar-refractivity contribution in [3.05, 3.63) is 75.3 Å². The Morgan fingerprint density at radius 1 is 1.00 bits per heavy atom. The van der Waals surface area contributed by atoms with Gasteiger partial charge >= 0.3 is 5.63 Å². The second-order valence-electron chi connectivity index (χ2n) is 6.37. The first-order chi connectivity index (χ1) is 12.5. The predicted octanol–water partition coefficient (Wildman–Crippen LogP) is 4.95. The zero-order valence-corrected chi connectivity index (χ0v) is 15.7. The third kappa shape index (κ3) is 2.99. The van der Waals surface area contributed by atoms with Crippen LogP contribution in [0.5, 0.6) is 0 Å². The Morgan fingerprint density at radius 2 is 1.73 bits per heavy atom. The van der Waals surface area contributed by atoms with Crippen molar-refractivity contribution in [3.8, 4) is 0 Å². The van der Waals surface area contributed by atoms with Crippen molar-refractivity contribution in [2.75, 3.05) is 0 Å². The van der Waals surface area contributed by atoms with Crippen LogP contribution in [0.3, 0.4) is 0 Å². The minimum atomic E-state index is -0.317. The summed E-state index contributed by atoms with van der Waals surface area (Å²) in [5.41, 5.74) is 6.11. The lowest BCUT2D eigenvalue weighted by molar-refractivity contribution is 0.557. The minimum absolute atomic E-state index is 0.317. The van der Waals surface area contributed by atoms with E-state index in [1.165, 1.54) is 0 Å². The van der Waals surface area contributed by atoms with E-state index >= 15 is 0 Å². The summed E-state index contributed by atoms with van der Waals surface area (Å²) in [4.78, 5) is 21.4. The maximum absolute atomic E-state index is 12.0. The summed E-state index contributed by atoms with van der Waals surface area (Å²) in [6.07, 6.45) is 0. The molecule has 0 fully saturated rings. The quantitative estimate of drug-likeness (QED) is 0.381. The van der Waals surface area contributed by atoms with Gasteiger partial charge in [-0.2, -0.15) is 0 Å². The molecule has 2 aromatic carbocycles. The van der Waals surface area contributed by atoms with Crippen LogP contribution in [-0.2, 0) is 5.75 Å². The molecule has 0 aliphatic carbocycles. The summed E-state index contributed by atoms with van der Waals surface area (Å²) in [5, 5.41) is 1.86. The van der Waals surface area contributed by atoms with Crippen molar-refractivity contribution in [1.29, 1.82) is 0 Å². The van der Waals surface area contributed by atoms with Crippen molar-refractivity contribution in [2.24, 2.45) is 0 Å². The molecule has 0 saturated carbocycles. The summed E-state index contributed by atoms with van der Waals surface area (Å²) in [7, 11) is 0. The van der Waals surface area contributed by atoms with Gasteiger partial charge in [0, 0.05) is 17.2 Å². The first-order valence-electron chi connectivity index (χ1n) is 8.42. The molecule has 0 aliphatic heterocycles. The van der Waals surface area contributed by atoms with Gasteiger partial charge in [0.05, 0.1) is 16.7 Å². The van der Waals surface area contributed by atoms with Crippen LogP contribution in [0.2, 0.25) is 0 Å². The fraction of sp³-hybridized carbons (Fsp3) is 0.190. The molecule has 4 nitrogen and oxygen atoms in total. The van der Waals surface area contributed by atoms with Gasteiger partial charge in [0.2, 0.25) is 0 Å². The summed E-state index contributed by atoms with van der Waals surface area (Å²) in [5.74, 6) is 0.637. The molecule has 0 amide bonds. The molecule has 0 bridgehead atoms. The van der Waals surface area contributed by atoms with Gasteiger partial charge in [0.15, 0.2) is 0 Å². The van der Waals surface area contributed by atoms with Gasteiger partial charge in [-0.1, -0.05) is 36.0 Å². The van der Waals surface area contributed by atoms with Gasteiger partial charge in [-0.3, -0.25) is 0 Å². The highest BCUT2D eigenvalue weighted by Gasteiger charge is 2.12. The topological polar surface area (TPSA) is 56.0 Å². The van der Waals surface area contributed by atoms with Crippen molar-refractivity contribution >= 4 is 33.8 Å². The summed E-state index contributed by atoms with van der Waals surface area (Å²) in [6.45, 7) is 5.97. The number of fused-ring (bicyclic) bond motifs is 2. The average molecular weight is 362 g/mol. The molecule has 0 atom stereocenters. The Hall–Kier alpha value is -2.66. The Morgan fingerprint density at radius 3 is 2.50 bits per heavy atom. The molecule has 0 unspecified atom stereocenters. The number of aryl methyl sites for hydroxylation is 3. The fourth-order valence-electron chi connectivity index (χ4n) is 3.00. The molecule has 130 valence electrons. The van der Waals surface area contributed by atoms with Gasteiger partial charge in [-0.25, -0.2) is 14.8 Å². The molecule has 0 aliphatic rings. The lowest BCUT2D eigenvalue weighted by Gasteiger charge is -2.10. The average Bonchev–Trinajstić information content (AvgIpc) is 2.63. The van der Waals surface area contributed by atoms with Crippen LogP contribution in [0.15, 0.2) is 56.7 Å². The smallest absolute Gasteiger partial charge is 0.336 e. The minimum Gasteiger partial charge on any atom is -0.422 e. The first-order valence-corrected chi connectivity index (χ1v) is 9.40. The molecule has 0 radical (unpaired) electrons. The maximum atomic E-state index is 12.0. The van der Waals surface area contributed by atoms with Crippen molar-refractivity contribution in [2.45, 2.75) is 31.6 Å². The molecule has 0 N–H and O–H groups in total. The zero-order chi connectivity index (χ0) is 18.3. The van der Waals surface area contributed by atoms with Crippen LogP contribution in [0.1, 0.15) is 22.4 Å². The van der Waals surface area contributed by atoms with Crippen LogP contribution >= 0.6 is 11.8 Å². The lowest BCUT2D eigenvalue weighted by Crippen LogP contribution is -2.02. The number of aromatic nitrogens is 2. The van der Waals surface area contributed by atoms with Gasteiger partial charge in [-0.05, 0) is 49.6 Å². The van der Waals surface area contributed by atoms with E-state index in [-0.39, 0.29) is 5.63 Å². The number of nitrogens with zero attached hydrogens (tertiary/aromatic N) is 2. The molecule has 2 heterocycles. The maximum Gasteiger partial charge on any atom is 0.336 e. The second kappa shape index (κ2) is 6.57. The second-order valence-corrected chi connectivity index (χ2v) is 7.33. The van der Waals surface area contributed by atoms with E-state index in [2.05, 4.69) is 11.1 Å². The molecule has 4 aromatic rings. The third-order valence-corrected chi connectivity index (χ3v) is 5.70. The molecule has 5 heteroatoms. The molecule has 0 spiro atoms. The van der Waals surface area contributed by atoms with E-state index in [9.17, 15) is 4.79 Å². The number of benzene rings is 2. The van der Waals surface area contributed by atoms with E-state index in [0.717, 1.165) is 43.8 Å². The van der Waals surface area contributed by atoms with E-state index in [1.54, 1.807) is 17.8 Å². The highest BCUT2D eigenvalue weighted by atomic mass is 32.2. The molecule has 26 heavy (non-hydrogen) atoms.